The molecule has 3 aromatic carbocycles. The molecular formula is C27H26N4O2. The number of carbonyl (C=O) groups is 1. The van der Waals surface area contributed by atoms with Gasteiger partial charge < -0.3 is 20.7 Å². The van der Waals surface area contributed by atoms with Crippen LogP contribution < -0.4 is 10.6 Å². The van der Waals surface area contributed by atoms with Gasteiger partial charge in [-0.3, -0.25) is 4.79 Å². The number of rotatable bonds is 5. The van der Waals surface area contributed by atoms with Gasteiger partial charge in [0.1, 0.15) is 11.3 Å². The number of fused-ring (bicyclic) bond motifs is 1. The van der Waals surface area contributed by atoms with E-state index in [-0.39, 0.29) is 17.6 Å². The molecule has 0 saturated carbocycles. The average molecular weight is 439 g/mol. The first kappa shape index (κ1) is 21.0. The first-order valence-electron chi connectivity index (χ1n) is 11.1. The largest absolute Gasteiger partial charge is 0.508 e. The van der Waals surface area contributed by atoms with Gasteiger partial charge in [-0.1, -0.05) is 54.6 Å². The van der Waals surface area contributed by atoms with Crippen molar-refractivity contribution in [1.82, 2.24) is 9.97 Å². The minimum atomic E-state index is -1.07. The van der Waals surface area contributed by atoms with Crippen LogP contribution in [0.1, 0.15) is 47.2 Å². The Labute approximate surface area is 192 Å². The van der Waals surface area contributed by atoms with Gasteiger partial charge in [-0.2, -0.15) is 0 Å². The number of anilines is 1. The molecular weight excluding hydrogens is 412 g/mol. The van der Waals surface area contributed by atoms with Crippen molar-refractivity contribution in [3.63, 3.8) is 0 Å². The molecule has 2 heterocycles. The average Bonchev–Trinajstić information content (AvgIpc) is 3.39. The molecule has 0 radical (unpaired) electrons. The number of aromatic hydroxyl groups is 1. The molecule has 1 amide bonds. The van der Waals surface area contributed by atoms with Gasteiger partial charge in [0.15, 0.2) is 0 Å². The maximum absolute atomic E-state index is 13.0. The molecule has 0 bridgehead atoms. The zero-order valence-electron chi connectivity index (χ0n) is 18.4. The minimum Gasteiger partial charge on any atom is -0.508 e. The van der Waals surface area contributed by atoms with Crippen LogP contribution in [0.3, 0.4) is 0 Å². The van der Waals surface area contributed by atoms with Crippen LogP contribution in [0.4, 0.5) is 5.69 Å². The summed E-state index contributed by atoms with van der Waals surface area (Å²) in [7, 11) is 0. The van der Waals surface area contributed by atoms with Crippen molar-refractivity contribution in [2.75, 3.05) is 11.4 Å². The van der Waals surface area contributed by atoms with Crippen molar-refractivity contribution < 1.29 is 9.90 Å². The number of nitrogens with one attached hydrogen (secondary N) is 1. The number of H-pyrrole nitrogens is 1. The number of carbonyl (C=O) groups excluding carboxylic acids is 1. The monoisotopic (exact) mass is 438 g/mol. The van der Waals surface area contributed by atoms with Crippen LogP contribution in [0.2, 0.25) is 0 Å². The van der Waals surface area contributed by atoms with Crippen molar-refractivity contribution in [2.24, 2.45) is 5.73 Å². The molecule has 4 N–H and O–H groups in total. The van der Waals surface area contributed by atoms with E-state index in [4.69, 9.17) is 5.73 Å². The topological polar surface area (TPSA) is 95.2 Å². The number of nitrogens with two attached hydrogens (primary N) is 1. The molecule has 166 valence electrons. The third-order valence-electron chi connectivity index (χ3n) is 6.57. The molecule has 1 aromatic heterocycles. The molecule has 0 fully saturated rings. The second kappa shape index (κ2) is 8.22. The molecule has 1 aliphatic rings. The fourth-order valence-electron chi connectivity index (χ4n) is 4.88. The first-order valence-corrected chi connectivity index (χ1v) is 11.1. The van der Waals surface area contributed by atoms with Crippen LogP contribution in [0.5, 0.6) is 5.75 Å². The maximum atomic E-state index is 13.0. The summed E-state index contributed by atoms with van der Waals surface area (Å²) in [6.07, 6.45) is 3.71. The van der Waals surface area contributed by atoms with Crippen molar-refractivity contribution in [3.8, 4) is 5.75 Å². The van der Waals surface area contributed by atoms with Crippen LogP contribution in [0.15, 0.2) is 85.3 Å². The number of aromatic nitrogens is 2. The molecule has 6 heteroatoms. The van der Waals surface area contributed by atoms with E-state index in [1.54, 1.807) is 30.7 Å². The second-order valence-corrected chi connectivity index (χ2v) is 8.40. The molecule has 5 rings (SSSR count). The van der Waals surface area contributed by atoms with Gasteiger partial charge in [0.25, 0.3) is 0 Å². The van der Waals surface area contributed by atoms with E-state index in [9.17, 15) is 9.90 Å². The number of imidazole rings is 1. The van der Waals surface area contributed by atoms with Crippen LogP contribution in [0, 0.1) is 0 Å². The predicted molar refractivity (Wildman–Crippen MR) is 128 cm³/mol. The van der Waals surface area contributed by atoms with Crippen LogP contribution in [-0.2, 0) is 10.3 Å². The van der Waals surface area contributed by atoms with E-state index in [1.165, 1.54) is 0 Å². The highest BCUT2D eigenvalue weighted by Crippen LogP contribution is 2.43. The summed E-state index contributed by atoms with van der Waals surface area (Å²) in [6, 6.07) is 23.2. The molecule has 33 heavy (non-hydrogen) atoms. The zero-order valence-corrected chi connectivity index (χ0v) is 18.4. The minimum absolute atomic E-state index is 0.0633. The van der Waals surface area contributed by atoms with Crippen LogP contribution >= 0.6 is 0 Å². The summed E-state index contributed by atoms with van der Waals surface area (Å²) in [5.41, 5.74) is 11.4. The van der Waals surface area contributed by atoms with E-state index in [1.807, 2.05) is 48.2 Å². The van der Waals surface area contributed by atoms with E-state index in [2.05, 4.69) is 28.2 Å². The van der Waals surface area contributed by atoms with Gasteiger partial charge in [-0.15, -0.1) is 0 Å². The summed E-state index contributed by atoms with van der Waals surface area (Å²) in [6.45, 7) is 2.59. The third-order valence-corrected chi connectivity index (χ3v) is 6.57. The summed E-state index contributed by atoms with van der Waals surface area (Å²) in [5, 5.41) is 10.2. The van der Waals surface area contributed by atoms with E-state index in [0.29, 0.717) is 18.7 Å². The lowest BCUT2D eigenvalue weighted by Gasteiger charge is -2.36. The fraction of sp³-hybridized carbons (Fsp3) is 0.185. The highest BCUT2D eigenvalue weighted by atomic mass is 16.3. The number of nitrogens with zero attached hydrogens (tertiary/aromatic N) is 2. The lowest BCUT2D eigenvalue weighted by Crippen LogP contribution is -2.41. The Morgan fingerprint density at radius 2 is 1.88 bits per heavy atom. The molecule has 4 aromatic rings. The Morgan fingerprint density at radius 1 is 1.09 bits per heavy atom. The Morgan fingerprint density at radius 3 is 2.58 bits per heavy atom. The van der Waals surface area contributed by atoms with Gasteiger partial charge in [0, 0.05) is 24.6 Å². The van der Waals surface area contributed by atoms with Crippen molar-refractivity contribution in [1.29, 1.82) is 0 Å². The molecule has 0 saturated heterocycles. The smallest absolute Gasteiger partial charge is 0.227 e. The molecule has 2 atom stereocenters. The zero-order chi connectivity index (χ0) is 23.0. The normalized spacial score (nSPS) is 17.5. The predicted octanol–water partition coefficient (Wildman–Crippen LogP) is 4.25. The lowest BCUT2D eigenvalue weighted by atomic mass is 9.77. The van der Waals surface area contributed by atoms with Gasteiger partial charge in [0.05, 0.1) is 18.2 Å². The Kier molecular flexibility index (Phi) is 5.23. The first-order chi connectivity index (χ1) is 16.0. The molecule has 6 nitrogen and oxygen atoms in total. The van der Waals surface area contributed by atoms with Crippen molar-refractivity contribution >= 4 is 11.6 Å². The molecule has 1 aliphatic heterocycles. The van der Waals surface area contributed by atoms with Gasteiger partial charge in [-0.05, 0) is 47.4 Å². The fourth-order valence-corrected chi connectivity index (χ4v) is 4.88. The summed E-state index contributed by atoms with van der Waals surface area (Å²) in [5.74, 6) is 0.198. The number of phenols is 1. The van der Waals surface area contributed by atoms with Gasteiger partial charge in [0.2, 0.25) is 5.91 Å². The van der Waals surface area contributed by atoms with E-state index in [0.717, 1.165) is 27.9 Å². The van der Waals surface area contributed by atoms with Crippen molar-refractivity contribution in [3.05, 3.63) is 113 Å². The standard InChI is InChI=1S/C27H26N4O2/c1-2-31-24-12-11-20(14-23(24)22(15-26(31)33)18-7-4-3-5-8-18)27(28,25-16-29-17-30-25)19-9-6-10-21(32)13-19/h3-14,16-17,22,32H,2,15,28H2,1H3,(H,29,30). The molecule has 0 aliphatic carbocycles. The van der Waals surface area contributed by atoms with E-state index >= 15 is 0 Å². The quantitative estimate of drug-likeness (QED) is 0.434. The lowest BCUT2D eigenvalue weighted by molar-refractivity contribution is -0.119. The highest BCUT2D eigenvalue weighted by Gasteiger charge is 2.37. The van der Waals surface area contributed by atoms with Crippen molar-refractivity contribution in [2.45, 2.75) is 24.8 Å². The van der Waals surface area contributed by atoms with Gasteiger partial charge >= 0.3 is 0 Å². The SMILES string of the molecule is CCN1C(=O)CC(c2ccccc2)c2cc(C(N)(c3cccc(O)c3)c3cnc[nH]3)ccc21. The number of hydrogen-bond donors (Lipinski definition) is 3. The number of amides is 1. The Balaban J connectivity index is 1.73. The molecule has 2 unspecified atom stereocenters. The summed E-state index contributed by atoms with van der Waals surface area (Å²) < 4.78 is 0. The summed E-state index contributed by atoms with van der Waals surface area (Å²) >= 11 is 0. The number of hydrogen-bond acceptors (Lipinski definition) is 4. The maximum Gasteiger partial charge on any atom is 0.227 e. The second-order valence-electron chi connectivity index (χ2n) is 8.40. The Hall–Kier alpha value is -3.90. The third kappa shape index (κ3) is 3.49. The van der Waals surface area contributed by atoms with E-state index < -0.39 is 5.54 Å². The number of aromatic amines is 1. The highest BCUT2D eigenvalue weighted by molar-refractivity contribution is 5.97. The number of phenolic OH excluding ortho intramolecular Hbond substituents is 1. The van der Waals surface area contributed by atoms with Crippen LogP contribution in [0.25, 0.3) is 0 Å². The molecule has 0 spiro atoms. The summed E-state index contributed by atoms with van der Waals surface area (Å²) in [4.78, 5) is 22.2. The van der Waals surface area contributed by atoms with Crippen LogP contribution in [-0.4, -0.2) is 27.5 Å². The van der Waals surface area contributed by atoms with Gasteiger partial charge in [-0.25, -0.2) is 4.98 Å². The number of benzene rings is 3. The Bertz CT molecular complexity index is 1290.